The first-order valence-corrected chi connectivity index (χ1v) is 7.12. The summed E-state index contributed by atoms with van der Waals surface area (Å²) in [6, 6.07) is 10.3. The average Bonchev–Trinajstić information content (AvgIpc) is 2.50. The van der Waals surface area contributed by atoms with Crippen LogP contribution in [0, 0.1) is 0 Å². The molecule has 0 unspecified atom stereocenters. The van der Waals surface area contributed by atoms with Crippen molar-refractivity contribution < 1.29 is 23.4 Å². The van der Waals surface area contributed by atoms with Gasteiger partial charge in [-0.25, -0.2) is 5.43 Å². The summed E-state index contributed by atoms with van der Waals surface area (Å²) in [5.74, 6) is -0.904. The number of carbonyl (C=O) groups excluding carboxylic acids is 1. The molecule has 0 bridgehead atoms. The highest BCUT2D eigenvalue weighted by molar-refractivity contribution is 9.10. The SMILES string of the molecule is O=C(N/N=C\c1cc(Br)ccc1OC(F)F)c1ccccc1O. The number of carbonyl (C=O) groups is 1. The van der Waals surface area contributed by atoms with Crippen LogP contribution in [0.5, 0.6) is 11.5 Å². The Morgan fingerprint density at radius 2 is 2.04 bits per heavy atom. The minimum absolute atomic E-state index is 0.0444. The molecule has 120 valence electrons. The number of hydrogen-bond acceptors (Lipinski definition) is 4. The van der Waals surface area contributed by atoms with Gasteiger partial charge in [-0.2, -0.15) is 13.9 Å². The predicted molar refractivity (Wildman–Crippen MR) is 83.9 cm³/mol. The molecule has 0 fully saturated rings. The molecule has 0 atom stereocenters. The van der Waals surface area contributed by atoms with Gasteiger partial charge in [-0.1, -0.05) is 28.1 Å². The molecule has 0 radical (unpaired) electrons. The van der Waals surface area contributed by atoms with E-state index in [0.29, 0.717) is 4.47 Å². The van der Waals surface area contributed by atoms with Gasteiger partial charge in [-0.15, -0.1) is 0 Å². The number of halogens is 3. The molecule has 1 amide bonds. The maximum Gasteiger partial charge on any atom is 0.387 e. The summed E-state index contributed by atoms with van der Waals surface area (Å²) in [6.07, 6.45) is 1.17. The van der Waals surface area contributed by atoms with Crippen LogP contribution in [0.25, 0.3) is 0 Å². The van der Waals surface area contributed by atoms with Crippen molar-refractivity contribution in [2.45, 2.75) is 6.61 Å². The summed E-state index contributed by atoms with van der Waals surface area (Å²) >= 11 is 3.20. The summed E-state index contributed by atoms with van der Waals surface area (Å²) in [5, 5.41) is 13.2. The first-order chi connectivity index (χ1) is 11.0. The summed E-state index contributed by atoms with van der Waals surface area (Å²) in [5.41, 5.74) is 2.49. The zero-order valence-corrected chi connectivity index (χ0v) is 13.1. The van der Waals surface area contributed by atoms with E-state index in [1.54, 1.807) is 12.1 Å². The van der Waals surface area contributed by atoms with Crippen LogP contribution < -0.4 is 10.2 Å². The molecule has 0 aliphatic rings. The van der Waals surface area contributed by atoms with Crippen LogP contribution in [-0.4, -0.2) is 23.8 Å². The van der Waals surface area contributed by atoms with Gasteiger partial charge in [-0.3, -0.25) is 4.79 Å². The second-order valence-corrected chi connectivity index (χ2v) is 5.19. The first-order valence-electron chi connectivity index (χ1n) is 6.33. The number of rotatable bonds is 5. The molecule has 2 aromatic carbocycles. The van der Waals surface area contributed by atoms with E-state index in [1.807, 2.05) is 0 Å². The third-order valence-corrected chi connectivity index (χ3v) is 3.20. The fourth-order valence-corrected chi connectivity index (χ4v) is 2.09. The minimum atomic E-state index is -2.97. The zero-order chi connectivity index (χ0) is 16.8. The summed E-state index contributed by atoms with van der Waals surface area (Å²) < 4.78 is 29.7. The lowest BCUT2D eigenvalue weighted by molar-refractivity contribution is -0.0499. The number of benzene rings is 2. The highest BCUT2D eigenvalue weighted by atomic mass is 79.9. The normalized spacial score (nSPS) is 11.0. The minimum Gasteiger partial charge on any atom is -0.507 e. The second kappa shape index (κ2) is 7.68. The number of hydrogen-bond donors (Lipinski definition) is 2. The Kier molecular flexibility index (Phi) is 5.64. The molecule has 0 aliphatic carbocycles. The standard InChI is InChI=1S/C15H11BrF2N2O3/c16-10-5-6-13(23-15(17)18)9(7-10)8-19-20-14(22)11-3-1-2-4-12(11)21/h1-8,15,21H,(H,20,22)/b19-8-. The van der Waals surface area contributed by atoms with Gasteiger partial charge in [0.15, 0.2) is 0 Å². The van der Waals surface area contributed by atoms with E-state index in [-0.39, 0.29) is 22.6 Å². The van der Waals surface area contributed by atoms with Crippen molar-refractivity contribution in [3.05, 3.63) is 58.1 Å². The molecule has 0 heterocycles. The van der Waals surface area contributed by atoms with Gasteiger partial charge in [0.25, 0.3) is 5.91 Å². The van der Waals surface area contributed by atoms with Crippen molar-refractivity contribution in [1.29, 1.82) is 0 Å². The maximum atomic E-state index is 12.3. The second-order valence-electron chi connectivity index (χ2n) is 4.28. The fraction of sp³-hybridized carbons (Fsp3) is 0.0667. The molecule has 0 aliphatic heterocycles. The molecule has 5 nitrogen and oxygen atoms in total. The van der Waals surface area contributed by atoms with E-state index in [4.69, 9.17) is 0 Å². The molecular formula is C15H11BrF2N2O3. The van der Waals surface area contributed by atoms with E-state index in [9.17, 15) is 18.7 Å². The van der Waals surface area contributed by atoms with Crippen molar-refractivity contribution >= 4 is 28.1 Å². The van der Waals surface area contributed by atoms with Crippen LogP contribution in [0.2, 0.25) is 0 Å². The van der Waals surface area contributed by atoms with Crippen LogP contribution >= 0.6 is 15.9 Å². The summed E-state index contributed by atoms with van der Waals surface area (Å²) in [4.78, 5) is 11.8. The summed E-state index contributed by atoms with van der Waals surface area (Å²) in [6.45, 7) is -2.97. The van der Waals surface area contributed by atoms with Gasteiger partial charge in [0.05, 0.1) is 11.8 Å². The predicted octanol–water partition coefficient (Wildman–Crippen LogP) is 3.52. The molecule has 0 aromatic heterocycles. The maximum absolute atomic E-state index is 12.3. The van der Waals surface area contributed by atoms with E-state index in [0.717, 1.165) is 0 Å². The Bertz CT molecular complexity index is 738. The van der Waals surface area contributed by atoms with E-state index < -0.39 is 12.5 Å². The number of phenolic OH excluding ortho intramolecular Hbond substituents is 1. The molecule has 2 rings (SSSR count). The van der Waals surface area contributed by atoms with Crippen molar-refractivity contribution in [3.8, 4) is 11.5 Å². The number of amides is 1. The van der Waals surface area contributed by atoms with E-state index in [1.165, 1.54) is 36.5 Å². The van der Waals surface area contributed by atoms with Crippen molar-refractivity contribution in [3.63, 3.8) is 0 Å². The average molecular weight is 385 g/mol. The number of alkyl halides is 2. The van der Waals surface area contributed by atoms with Gasteiger partial charge in [0.1, 0.15) is 11.5 Å². The van der Waals surface area contributed by atoms with Gasteiger partial charge >= 0.3 is 6.61 Å². The lowest BCUT2D eigenvalue weighted by Crippen LogP contribution is -2.17. The number of nitrogens with one attached hydrogen (secondary N) is 1. The Hall–Kier alpha value is -2.48. The highest BCUT2D eigenvalue weighted by Crippen LogP contribution is 2.23. The van der Waals surface area contributed by atoms with Gasteiger partial charge in [0.2, 0.25) is 0 Å². The largest absolute Gasteiger partial charge is 0.507 e. The van der Waals surface area contributed by atoms with Crippen LogP contribution in [0.15, 0.2) is 52.0 Å². The molecule has 2 N–H and O–H groups in total. The Balaban J connectivity index is 2.13. The monoisotopic (exact) mass is 384 g/mol. The highest BCUT2D eigenvalue weighted by Gasteiger charge is 2.10. The molecule has 23 heavy (non-hydrogen) atoms. The third-order valence-electron chi connectivity index (χ3n) is 2.71. The van der Waals surface area contributed by atoms with E-state index >= 15 is 0 Å². The van der Waals surface area contributed by atoms with Crippen molar-refractivity contribution in [1.82, 2.24) is 5.43 Å². The van der Waals surface area contributed by atoms with Crippen LogP contribution in [0.3, 0.4) is 0 Å². The van der Waals surface area contributed by atoms with Crippen LogP contribution in [0.4, 0.5) is 8.78 Å². The number of phenols is 1. The molecule has 2 aromatic rings. The quantitative estimate of drug-likeness (QED) is 0.611. The molecule has 0 saturated heterocycles. The van der Waals surface area contributed by atoms with Gasteiger partial charge < -0.3 is 9.84 Å². The lowest BCUT2D eigenvalue weighted by Gasteiger charge is -2.08. The van der Waals surface area contributed by atoms with Gasteiger partial charge in [-0.05, 0) is 30.3 Å². The Morgan fingerprint density at radius 3 is 2.74 bits per heavy atom. The molecule has 8 heteroatoms. The van der Waals surface area contributed by atoms with Crippen LogP contribution in [0.1, 0.15) is 15.9 Å². The smallest absolute Gasteiger partial charge is 0.387 e. The topological polar surface area (TPSA) is 70.9 Å². The van der Waals surface area contributed by atoms with Gasteiger partial charge in [0, 0.05) is 10.0 Å². The lowest BCUT2D eigenvalue weighted by atomic mass is 10.2. The Labute approximate surface area is 138 Å². The number of aromatic hydroxyl groups is 1. The van der Waals surface area contributed by atoms with E-state index in [2.05, 4.69) is 31.2 Å². The number of para-hydroxylation sites is 1. The summed E-state index contributed by atoms with van der Waals surface area (Å²) in [7, 11) is 0. The zero-order valence-electron chi connectivity index (χ0n) is 11.5. The number of hydrazone groups is 1. The van der Waals surface area contributed by atoms with Crippen molar-refractivity contribution in [2.75, 3.05) is 0 Å². The number of ether oxygens (including phenoxy) is 1. The molecular weight excluding hydrogens is 374 g/mol. The molecule has 0 saturated carbocycles. The number of nitrogens with zero attached hydrogens (tertiary/aromatic N) is 1. The molecule has 0 spiro atoms. The fourth-order valence-electron chi connectivity index (χ4n) is 1.71. The first kappa shape index (κ1) is 16.9. The third kappa shape index (κ3) is 4.75. The Morgan fingerprint density at radius 1 is 1.30 bits per heavy atom. The van der Waals surface area contributed by atoms with Crippen LogP contribution in [-0.2, 0) is 0 Å². The van der Waals surface area contributed by atoms with Crippen molar-refractivity contribution in [2.24, 2.45) is 5.10 Å².